The first-order chi connectivity index (χ1) is 9.17. The van der Waals surface area contributed by atoms with Gasteiger partial charge in [-0.2, -0.15) is 5.26 Å². The summed E-state index contributed by atoms with van der Waals surface area (Å²) in [7, 11) is 0. The molecule has 1 aromatic heterocycles. The Kier molecular flexibility index (Phi) is 3.74. The molecule has 0 atom stereocenters. The van der Waals surface area contributed by atoms with Crippen molar-refractivity contribution in [1.82, 2.24) is 4.98 Å². The van der Waals surface area contributed by atoms with E-state index in [2.05, 4.69) is 4.98 Å². The molecular weight excluding hydrogens is 244 g/mol. The fraction of sp³-hybridized carbons (Fsp3) is 0.0714. The minimum absolute atomic E-state index is 0.0152. The fourth-order valence-electron chi connectivity index (χ4n) is 1.49. The normalized spacial score (nSPS) is 9.63. The number of hydrogen-bond acceptors (Lipinski definition) is 4. The lowest BCUT2D eigenvalue weighted by Gasteiger charge is -2.05. The Morgan fingerprint density at radius 3 is 2.42 bits per heavy atom. The predicted molar refractivity (Wildman–Crippen MR) is 66.8 cm³/mol. The number of pyridine rings is 1. The van der Waals surface area contributed by atoms with E-state index in [9.17, 15) is 4.79 Å². The molecule has 1 heterocycles. The van der Waals surface area contributed by atoms with Crippen molar-refractivity contribution < 1.29 is 14.6 Å². The summed E-state index contributed by atoms with van der Waals surface area (Å²) in [6.07, 6.45) is 1.45. The summed E-state index contributed by atoms with van der Waals surface area (Å²) >= 11 is 0. The number of nitrogens with zero attached hydrogens (tertiary/aromatic N) is 2. The van der Waals surface area contributed by atoms with Crippen molar-refractivity contribution >= 4 is 5.97 Å². The van der Waals surface area contributed by atoms with Gasteiger partial charge < -0.3 is 9.84 Å². The molecule has 0 fully saturated rings. The van der Waals surface area contributed by atoms with Crippen LogP contribution in [0.5, 0.6) is 11.5 Å². The largest absolute Gasteiger partial charge is 0.481 e. The quantitative estimate of drug-likeness (QED) is 0.905. The number of carboxylic acid groups (broad SMARTS) is 1. The highest BCUT2D eigenvalue weighted by Gasteiger charge is 2.02. The van der Waals surface area contributed by atoms with Gasteiger partial charge in [-0.15, -0.1) is 0 Å². The monoisotopic (exact) mass is 254 g/mol. The lowest BCUT2D eigenvalue weighted by molar-refractivity contribution is -0.136. The number of rotatable bonds is 4. The highest BCUT2D eigenvalue weighted by Crippen LogP contribution is 2.21. The van der Waals surface area contributed by atoms with Crippen LogP contribution in [0.15, 0.2) is 42.6 Å². The van der Waals surface area contributed by atoms with Gasteiger partial charge in [0.05, 0.1) is 12.6 Å². The summed E-state index contributed by atoms with van der Waals surface area (Å²) in [4.78, 5) is 14.4. The third-order valence-corrected chi connectivity index (χ3v) is 2.37. The standard InChI is InChI=1S/C14H10N2O3/c15-8-11-3-6-13(9-16-11)19-12-4-1-10(2-5-12)7-14(17)18/h1-6,9H,7H2,(H,17,18). The van der Waals surface area contributed by atoms with Gasteiger partial charge in [0, 0.05) is 0 Å². The Labute approximate surface area is 109 Å². The van der Waals surface area contributed by atoms with Gasteiger partial charge in [0.25, 0.3) is 0 Å². The third kappa shape index (κ3) is 3.54. The van der Waals surface area contributed by atoms with Crippen LogP contribution in [0.2, 0.25) is 0 Å². The highest BCUT2D eigenvalue weighted by atomic mass is 16.5. The number of nitriles is 1. The van der Waals surface area contributed by atoms with Crippen LogP contribution in [0.4, 0.5) is 0 Å². The number of carbonyl (C=O) groups is 1. The second kappa shape index (κ2) is 5.65. The van der Waals surface area contributed by atoms with E-state index in [1.807, 2.05) is 6.07 Å². The molecule has 0 aliphatic carbocycles. The molecule has 5 nitrogen and oxygen atoms in total. The van der Waals surface area contributed by atoms with Crippen LogP contribution in [0.1, 0.15) is 11.3 Å². The minimum Gasteiger partial charge on any atom is -0.481 e. The molecule has 0 unspecified atom stereocenters. The Bertz CT molecular complexity index is 613. The highest BCUT2D eigenvalue weighted by molar-refractivity contribution is 5.70. The zero-order valence-corrected chi connectivity index (χ0v) is 9.91. The molecule has 0 saturated heterocycles. The molecule has 0 radical (unpaired) electrons. The van der Waals surface area contributed by atoms with Crippen LogP contribution in [-0.4, -0.2) is 16.1 Å². The first-order valence-electron chi connectivity index (χ1n) is 5.52. The van der Waals surface area contributed by atoms with Gasteiger partial charge in [0.2, 0.25) is 0 Å². The predicted octanol–water partition coefficient (Wildman–Crippen LogP) is 2.37. The number of benzene rings is 1. The second-order valence-electron chi connectivity index (χ2n) is 3.81. The molecule has 0 aliphatic heterocycles. The molecule has 2 rings (SSSR count). The topological polar surface area (TPSA) is 83.2 Å². The van der Waals surface area contributed by atoms with E-state index in [0.29, 0.717) is 22.8 Å². The van der Waals surface area contributed by atoms with Gasteiger partial charge in [-0.05, 0) is 29.8 Å². The maximum atomic E-state index is 10.5. The molecule has 94 valence electrons. The third-order valence-electron chi connectivity index (χ3n) is 2.37. The maximum absolute atomic E-state index is 10.5. The summed E-state index contributed by atoms with van der Waals surface area (Å²) in [5.41, 5.74) is 1.03. The molecule has 5 heteroatoms. The number of aromatic nitrogens is 1. The van der Waals surface area contributed by atoms with Crippen molar-refractivity contribution in [1.29, 1.82) is 5.26 Å². The van der Waals surface area contributed by atoms with Gasteiger partial charge in [-0.1, -0.05) is 12.1 Å². The first-order valence-corrected chi connectivity index (χ1v) is 5.52. The van der Waals surface area contributed by atoms with Crippen molar-refractivity contribution in [2.24, 2.45) is 0 Å². The molecule has 2 aromatic rings. The van der Waals surface area contributed by atoms with Crippen molar-refractivity contribution in [3.63, 3.8) is 0 Å². The smallest absolute Gasteiger partial charge is 0.307 e. The van der Waals surface area contributed by atoms with E-state index in [1.54, 1.807) is 36.4 Å². The summed E-state index contributed by atoms with van der Waals surface area (Å²) in [6, 6.07) is 11.9. The number of aliphatic carboxylic acids is 1. The van der Waals surface area contributed by atoms with Crippen molar-refractivity contribution in [3.05, 3.63) is 53.9 Å². The van der Waals surface area contributed by atoms with Crippen LogP contribution in [0, 0.1) is 11.3 Å². The summed E-state index contributed by atoms with van der Waals surface area (Å²) in [6.45, 7) is 0. The zero-order valence-electron chi connectivity index (χ0n) is 9.91. The number of hydrogen-bond donors (Lipinski definition) is 1. The lowest BCUT2D eigenvalue weighted by atomic mass is 10.1. The van der Waals surface area contributed by atoms with Gasteiger partial charge >= 0.3 is 5.97 Å². The number of carboxylic acids is 1. The van der Waals surface area contributed by atoms with Crippen LogP contribution >= 0.6 is 0 Å². The molecule has 19 heavy (non-hydrogen) atoms. The van der Waals surface area contributed by atoms with Crippen LogP contribution in [0.3, 0.4) is 0 Å². The van der Waals surface area contributed by atoms with E-state index in [1.165, 1.54) is 6.20 Å². The van der Waals surface area contributed by atoms with Gasteiger partial charge in [-0.3, -0.25) is 4.79 Å². The van der Waals surface area contributed by atoms with E-state index in [-0.39, 0.29) is 6.42 Å². The maximum Gasteiger partial charge on any atom is 0.307 e. The van der Waals surface area contributed by atoms with Gasteiger partial charge in [-0.25, -0.2) is 4.98 Å². The molecular formula is C14H10N2O3. The Morgan fingerprint density at radius 2 is 1.89 bits per heavy atom. The van der Waals surface area contributed by atoms with Crippen LogP contribution in [0.25, 0.3) is 0 Å². The summed E-state index contributed by atoms with van der Waals surface area (Å²) in [5.74, 6) is 0.232. The lowest BCUT2D eigenvalue weighted by Crippen LogP contribution is -1.99. The fourth-order valence-corrected chi connectivity index (χ4v) is 1.49. The SMILES string of the molecule is N#Cc1ccc(Oc2ccc(CC(=O)O)cc2)cn1. The van der Waals surface area contributed by atoms with E-state index >= 15 is 0 Å². The molecule has 0 amide bonds. The average Bonchev–Trinajstić information content (AvgIpc) is 2.41. The van der Waals surface area contributed by atoms with Crippen molar-refractivity contribution in [2.75, 3.05) is 0 Å². The summed E-state index contributed by atoms with van der Waals surface area (Å²) in [5, 5.41) is 17.3. The van der Waals surface area contributed by atoms with E-state index < -0.39 is 5.97 Å². The molecule has 0 aliphatic rings. The molecule has 1 N–H and O–H groups in total. The van der Waals surface area contributed by atoms with Gasteiger partial charge in [0.15, 0.2) is 0 Å². The number of ether oxygens (including phenoxy) is 1. The Hall–Kier alpha value is -2.87. The Morgan fingerprint density at radius 1 is 1.21 bits per heavy atom. The average molecular weight is 254 g/mol. The van der Waals surface area contributed by atoms with Gasteiger partial charge in [0.1, 0.15) is 23.3 Å². The molecule has 1 aromatic carbocycles. The van der Waals surface area contributed by atoms with E-state index in [4.69, 9.17) is 15.1 Å². The van der Waals surface area contributed by atoms with Crippen LogP contribution in [-0.2, 0) is 11.2 Å². The molecule has 0 saturated carbocycles. The minimum atomic E-state index is -0.870. The van der Waals surface area contributed by atoms with Crippen molar-refractivity contribution in [2.45, 2.75) is 6.42 Å². The molecule has 0 spiro atoms. The second-order valence-corrected chi connectivity index (χ2v) is 3.81. The zero-order chi connectivity index (χ0) is 13.7. The van der Waals surface area contributed by atoms with Crippen LogP contribution < -0.4 is 4.74 Å². The Balaban J connectivity index is 2.06. The molecule has 0 bridgehead atoms. The first kappa shape index (κ1) is 12.6. The van der Waals surface area contributed by atoms with Crippen molar-refractivity contribution in [3.8, 4) is 17.6 Å². The summed E-state index contributed by atoms with van der Waals surface area (Å²) < 4.78 is 5.52. The van der Waals surface area contributed by atoms with E-state index in [0.717, 1.165) is 0 Å².